The Morgan fingerprint density at radius 3 is 2.72 bits per heavy atom. The number of benzene rings is 1. The highest BCUT2D eigenvalue weighted by Gasteiger charge is 2.10. The van der Waals surface area contributed by atoms with E-state index in [9.17, 15) is 0 Å². The zero-order chi connectivity index (χ0) is 17.8. The van der Waals surface area contributed by atoms with Crippen LogP contribution in [0, 0.1) is 5.92 Å². The van der Waals surface area contributed by atoms with Crippen molar-refractivity contribution in [2.24, 2.45) is 10.9 Å². The van der Waals surface area contributed by atoms with Gasteiger partial charge in [-0.15, -0.1) is 11.3 Å². The van der Waals surface area contributed by atoms with Crippen LogP contribution in [0.4, 0.5) is 5.69 Å². The van der Waals surface area contributed by atoms with E-state index in [0.717, 1.165) is 34.7 Å². The van der Waals surface area contributed by atoms with Crippen LogP contribution in [-0.4, -0.2) is 9.55 Å². The fraction of sp³-hybridized carbons (Fsp3) is 0.263. The summed E-state index contributed by atoms with van der Waals surface area (Å²) < 4.78 is 2.25. The molecule has 0 aliphatic heterocycles. The van der Waals surface area contributed by atoms with Crippen molar-refractivity contribution in [1.82, 2.24) is 9.55 Å². The summed E-state index contributed by atoms with van der Waals surface area (Å²) in [6, 6.07) is 9.59. The molecule has 25 heavy (non-hydrogen) atoms. The Kier molecular flexibility index (Phi) is 5.94. The monoisotopic (exact) mass is 391 g/mol. The van der Waals surface area contributed by atoms with E-state index in [0.29, 0.717) is 16.0 Å². The largest absolute Gasteiger partial charge is 0.316 e. The summed E-state index contributed by atoms with van der Waals surface area (Å²) in [5.74, 6) is 0.611. The summed E-state index contributed by atoms with van der Waals surface area (Å²) in [7, 11) is 0. The molecule has 0 amide bonds. The molecule has 0 unspecified atom stereocenters. The van der Waals surface area contributed by atoms with Crippen molar-refractivity contribution in [3.05, 3.63) is 63.0 Å². The molecule has 0 N–H and O–H groups in total. The van der Waals surface area contributed by atoms with Gasteiger partial charge >= 0.3 is 0 Å². The van der Waals surface area contributed by atoms with E-state index < -0.39 is 0 Å². The standard InChI is InChI=1S/C19H19Cl2N3S/c1-13(2)7-9-24-18(14-5-6-16(20)17(21)10-14)12-25-19(24)23-15-4-3-8-22-11-15/h3-6,8,10-13H,7,9H2,1-2H3. The molecular formula is C19H19Cl2N3S. The number of thiazole rings is 1. The minimum atomic E-state index is 0.562. The van der Waals surface area contributed by atoms with Crippen LogP contribution < -0.4 is 4.80 Å². The van der Waals surface area contributed by atoms with E-state index in [1.165, 1.54) is 0 Å². The Morgan fingerprint density at radius 2 is 2.04 bits per heavy atom. The lowest BCUT2D eigenvalue weighted by Crippen LogP contribution is -2.17. The van der Waals surface area contributed by atoms with Crippen LogP contribution in [0.2, 0.25) is 10.0 Å². The molecule has 0 saturated heterocycles. The van der Waals surface area contributed by atoms with Crippen molar-refractivity contribution in [3.8, 4) is 11.3 Å². The molecule has 0 bridgehead atoms. The third-order valence-electron chi connectivity index (χ3n) is 3.81. The van der Waals surface area contributed by atoms with Crippen LogP contribution in [0.15, 0.2) is 53.1 Å². The van der Waals surface area contributed by atoms with Gasteiger partial charge in [-0.2, -0.15) is 0 Å². The zero-order valence-corrected chi connectivity index (χ0v) is 16.4. The highest BCUT2D eigenvalue weighted by molar-refractivity contribution is 7.07. The van der Waals surface area contributed by atoms with Gasteiger partial charge in [0, 0.05) is 23.7 Å². The number of aromatic nitrogens is 2. The Bertz CT molecular complexity index is 914. The highest BCUT2D eigenvalue weighted by Crippen LogP contribution is 2.29. The molecule has 0 aliphatic rings. The van der Waals surface area contributed by atoms with Crippen LogP contribution in [0.3, 0.4) is 0 Å². The summed E-state index contributed by atoms with van der Waals surface area (Å²) in [6.45, 7) is 5.35. The van der Waals surface area contributed by atoms with Gasteiger partial charge in [-0.1, -0.05) is 43.1 Å². The SMILES string of the molecule is CC(C)CCn1c(-c2ccc(Cl)c(Cl)c2)csc1=Nc1cccnc1. The summed E-state index contributed by atoms with van der Waals surface area (Å²) in [4.78, 5) is 9.86. The molecule has 2 heterocycles. The Labute approximate surface area is 161 Å². The molecule has 1 aromatic carbocycles. The van der Waals surface area contributed by atoms with E-state index in [-0.39, 0.29) is 0 Å². The smallest absolute Gasteiger partial charge is 0.190 e. The average molecular weight is 392 g/mol. The van der Waals surface area contributed by atoms with Crippen molar-refractivity contribution in [3.63, 3.8) is 0 Å². The van der Waals surface area contributed by atoms with Crippen LogP contribution in [-0.2, 0) is 6.54 Å². The number of hydrogen-bond donors (Lipinski definition) is 0. The normalized spacial score (nSPS) is 12.1. The number of halogens is 2. The summed E-state index contributed by atoms with van der Waals surface area (Å²) >= 11 is 13.9. The lowest BCUT2D eigenvalue weighted by atomic mass is 10.1. The average Bonchev–Trinajstić information content (AvgIpc) is 2.99. The first-order chi connectivity index (χ1) is 12.0. The van der Waals surface area contributed by atoms with E-state index in [1.54, 1.807) is 23.7 Å². The van der Waals surface area contributed by atoms with E-state index >= 15 is 0 Å². The number of pyridine rings is 1. The second kappa shape index (κ2) is 8.17. The topological polar surface area (TPSA) is 30.2 Å². The second-order valence-electron chi connectivity index (χ2n) is 6.19. The molecule has 0 saturated carbocycles. The van der Waals surface area contributed by atoms with Gasteiger partial charge in [-0.3, -0.25) is 4.98 Å². The first-order valence-electron chi connectivity index (χ1n) is 8.13. The minimum absolute atomic E-state index is 0.562. The predicted molar refractivity (Wildman–Crippen MR) is 107 cm³/mol. The van der Waals surface area contributed by atoms with Crippen LogP contribution in [0.1, 0.15) is 20.3 Å². The molecule has 0 radical (unpaired) electrons. The van der Waals surface area contributed by atoms with Crippen molar-refractivity contribution < 1.29 is 0 Å². The summed E-state index contributed by atoms with van der Waals surface area (Å²) in [5, 5.41) is 3.25. The van der Waals surface area contributed by atoms with Crippen molar-refractivity contribution in [2.45, 2.75) is 26.8 Å². The summed E-state index contributed by atoms with van der Waals surface area (Å²) in [6.07, 6.45) is 4.60. The molecule has 130 valence electrons. The van der Waals surface area contributed by atoms with E-state index in [2.05, 4.69) is 28.8 Å². The molecule has 0 atom stereocenters. The fourth-order valence-electron chi connectivity index (χ4n) is 2.44. The molecular weight excluding hydrogens is 373 g/mol. The molecule has 2 aromatic heterocycles. The van der Waals surface area contributed by atoms with Gasteiger partial charge in [0.25, 0.3) is 0 Å². The zero-order valence-electron chi connectivity index (χ0n) is 14.1. The number of rotatable bonds is 5. The lowest BCUT2D eigenvalue weighted by molar-refractivity contribution is 0.513. The number of hydrogen-bond acceptors (Lipinski definition) is 3. The maximum atomic E-state index is 6.21. The first-order valence-corrected chi connectivity index (χ1v) is 9.76. The third-order valence-corrected chi connectivity index (χ3v) is 5.42. The Balaban J connectivity index is 2.09. The van der Waals surface area contributed by atoms with Gasteiger partial charge in [-0.25, -0.2) is 4.99 Å². The molecule has 3 rings (SSSR count). The maximum Gasteiger partial charge on any atom is 0.190 e. The summed E-state index contributed by atoms with van der Waals surface area (Å²) in [5.41, 5.74) is 3.00. The van der Waals surface area contributed by atoms with Gasteiger partial charge in [0.1, 0.15) is 0 Å². The van der Waals surface area contributed by atoms with Crippen molar-refractivity contribution >= 4 is 40.2 Å². The van der Waals surface area contributed by atoms with E-state index in [4.69, 9.17) is 28.2 Å². The van der Waals surface area contributed by atoms with Crippen LogP contribution in [0.5, 0.6) is 0 Å². The molecule has 0 aliphatic carbocycles. The Morgan fingerprint density at radius 1 is 1.20 bits per heavy atom. The molecule has 0 spiro atoms. The van der Waals surface area contributed by atoms with Crippen LogP contribution in [0.25, 0.3) is 11.3 Å². The van der Waals surface area contributed by atoms with Gasteiger partial charge in [0.15, 0.2) is 4.80 Å². The van der Waals surface area contributed by atoms with Gasteiger partial charge < -0.3 is 4.57 Å². The van der Waals surface area contributed by atoms with Crippen molar-refractivity contribution in [1.29, 1.82) is 0 Å². The molecule has 3 aromatic rings. The predicted octanol–water partition coefficient (Wildman–Crippen LogP) is 6.20. The second-order valence-corrected chi connectivity index (χ2v) is 7.84. The minimum Gasteiger partial charge on any atom is -0.316 e. The molecule has 3 nitrogen and oxygen atoms in total. The molecule has 0 fully saturated rings. The maximum absolute atomic E-state index is 6.21. The first kappa shape index (κ1) is 18.2. The molecule has 6 heteroatoms. The third kappa shape index (κ3) is 4.51. The quantitative estimate of drug-likeness (QED) is 0.509. The van der Waals surface area contributed by atoms with Crippen molar-refractivity contribution in [2.75, 3.05) is 0 Å². The lowest BCUT2D eigenvalue weighted by Gasteiger charge is -2.11. The fourth-order valence-corrected chi connectivity index (χ4v) is 3.69. The highest BCUT2D eigenvalue weighted by atomic mass is 35.5. The van der Waals surface area contributed by atoms with Crippen LogP contribution >= 0.6 is 34.5 Å². The number of nitrogens with zero attached hydrogens (tertiary/aromatic N) is 3. The van der Waals surface area contributed by atoms with Gasteiger partial charge in [-0.05, 0) is 36.6 Å². The van der Waals surface area contributed by atoms with Gasteiger partial charge in [0.05, 0.1) is 27.6 Å². The van der Waals surface area contributed by atoms with E-state index in [1.807, 2.05) is 30.3 Å². The van der Waals surface area contributed by atoms with Gasteiger partial charge in [0.2, 0.25) is 0 Å². The Hall–Kier alpha value is -1.62.